The van der Waals surface area contributed by atoms with E-state index < -0.39 is 0 Å². The first-order valence-electron chi connectivity index (χ1n) is 10.9. The van der Waals surface area contributed by atoms with Gasteiger partial charge in [-0.15, -0.1) is 0 Å². The average Bonchev–Trinajstić information content (AvgIpc) is 3.28. The number of hydrogen-bond donors (Lipinski definition) is 1. The minimum Gasteiger partial charge on any atom is -0.497 e. The lowest BCUT2D eigenvalue weighted by Gasteiger charge is -2.12. The molecule has 1 aromatic heterocycles. The Hall–Kier alpha value is -3.90. The van der Waals surface area contributed by atoms with Crippen LogP contribution in [0.3, 0.4) is 0 Å². The molecule has 0 bridgehead atoms. The van der Waals surface area contributed by atoms with Gasteiger partial charge in [0.2, 0.25) is 5.91 Å². The number of methoxy groups -OCH3 is 3. The van der Waals surface area contributed by atoms with Gasteiger partial charge in [0.05, 0.1) is 27.6 Å². The number of benzene rings is 3. The van der Waals surface area contributed by atoms with Crippen LogP contribution in [-0.2, 0) is 4.79 Å². The minimum absolute atomic E-state index is 0.267. The van der Waals surface area contributed by atoms with Crippen LogP contribution in [0, 0.1) is 6.92 Å². The molecule has 0 unspecified atom stereocenters. The van der Waals surface area contributed by atoms with Crippen LogP contribution in [0.15, 0.2) is 65.3 Å². The second-order valence-corrected chi connectivity index (χ2v) is 8.40. The number of amides is 1. The monoisotopic (exact) mass is 491 g/mol. The van der Waals surface area contributed by atoms with Gasteiger partial charge in [0.1, 0.15) is 22.8 Å². The van der Waals surface area contributed by atoms with Crippen molar-refractivity contribution >= 4 is 39.7 Å². The van der Waals surface area contributed by atoms with Crippen LogP contribution in [-0.4, -0.2) is 27.2 Å². The van der Waals surface area contributed by atoms with Crippen molar-refractivity contribution in [2.45, 2.75) is 13.8 Å². The predicted octanol–water partition coefficient (Wildman–Crippen LogP) is 7.13. The van der Waals surface area contributed by atoms with Gasteiger partial charge in [-0.2, -0.15) is 0 Å². The van der Waals surface area contributed by atoms with Gasteiger partial charge in [0.25, 0.3) is 0 Å². The summed E-state index contributed by atoms with van der Waals surface area (Å²) in [6.07, 6.45) is 3.22. The molecular formula is C28H26ClNO5. The van der Waals surface area contributed by atoms with Crippen molar-refractivity contribution in [3.8, 4) is 28.4 Å². The Morgan fingerprint density at radius 2 is 1.74 bits per heavy atom. The van der Waals surface area contributed by atoms with E-state index in [0.29, 0.717) is 33.5 Å². The van der Waals surface area contributed by atoms with E-state index in [1.54, 1.807) is 39.7 Å². The molecule has 0 fully saturated rings. The fourth-order valence-electron chi connectivity index (χ4n) is 3.95. The molecule has 0 aliphatic heterocycles. The second kappa shape index (κ2) is 10.2. The molecule has 0 saturated heterocycles. The highest BCUT2D eigenvalue weighted by atomic mass is 35.5. The number of rotatable bonds is 7. The molecule has 0 atom stereocenters. The number of anilines is 1. The van der Waals surface area contributed by atoms with E-state index in [2.05, 4.69) is 5.32 Å². The SMILES string of the molecule is COc1ccc(OC)c(-c2coc3cc(OC)c(/C(C)=C/C(=O)Nc4cccc(Cl)c4C)cc23)c1. The highest BCUT2D eigenvalue weighted by Crippen LogP contribution is 2.41. The molecular weight excluding hydrogens is 466 g/mol. The Bertz CT molecular complexity index is 1440. The van der Waals surface area contributed by atoms with E-state index in [1.165, 1.54) is 6.08 Å². The molecule has 0 aliphatic carbocycles. The molecule has 180 valence electrons. The molecule has 7 heteroatoms. The lowest BCUT2D eigenvalue weighted by molar-refractivity contribution is -0.111. The van der Waals surface area contributed by atoms with Gasteiger partial charge in [-0.05, 0) is 61.4 Å². The van der Waals surface area contributed by atoms with Crippen LogP contribution in [0.2, 0.25) is 5.02 Å². The van der Waals surface area contributed by atoms with Crippen molar-refractivity contribution < 1.29 is 23.4 Å². The van der Waals surface area contributed by atoms with E-state index in [1.807, 2.05) is 50.2 Å². The summed E-state index contributed by atoms with van der Waals surface area (Å²) in [5, 5.41) is 4.34. The summed E-state index contributed by atoms with van der Waals surface area (Å²) in [5.41, 5.74) is 5.29. The van der Waals surface area contributed by atoms with Crippen molar-refractivity contribution in [2.24, 2.45) is 0 Å². The molecule has 1 amide bonds. The van der Waals surface area contributed by atoms with E-state index in [0.717, 1.165) is 33.2 Å². The van der Waals surface area contributed by atoms with Crippen LogP contribution >= 0.6 is 11.6 Å². The number of carbonyl (C=O) groups excluding carboxylic acids is 1. The Balaban J connectivity index is 1.76. The number of hydrogen-bond acceptors (Lipinski definition) is 5. The number of nitrogens with one attached hydrogen (secondary N) is 1. The third-order valence-corrected chi connectivity index (χ3v) is 6.30. The molecule has 3 aromatic carbocycles. The molecule has 0 spiro atoms. The zero-order chi connectivity index (χ0) is 25.1. The molecule has 0 aliphatic rings. The molecule has 4 rings (SSSR count). The number of carbonyl (C=O) groups is 1. The summed E-state index contributed by atoms with van der Waals surface area (Å²) in [4.78, 5) is 12.8. The lowest BCUT2D eigenvalue weighted by Crippen LogP contribution is -2.10. The van der Waals surface area contributed by atoms with Crippen molar-refractivity contribution in [2.75, 3.05) is 26.6 Å². The largest absolute Gasteiger partial charge is 0.497 e. The summed E-state index contributed by atoms with van der Waals surface area (Å²) in [7, 11) is 4.82. The second-order valence-electron chi connectivity index (χ2n) is 7.99. The molecule has 0 saturated carbocycles. The standard InChI is InChI=1S/C28H26ClNO5/c1-16(11-28(31)30-24-8-6-7-23(29)17(24)2)19-13-21-22(15-35-27(21)14-26(19)34-5)20-12-18(32-3)9-10-25(20)33-4/h6-15H,1-5H3,(H,30,31)/b16-11+. The molecule has 4 aromatic rings. The summed E-state index contributed by atoms with van der Waals surface area (Å²) in [6.45, 7) is 3.72. The van der Waals surface area contributed by atoms with Crippen LogP contribution in [0.5, 0.6) is 17.2 Å². The summed E-state index contributed by atoms with van der Waals surface area (Å²) in [6, 6.07) is 14.8. The average molecular weight is 492 g/mol. The zero-order valence-corrected chi connectivity index (χ0v) is 20.9. The Morgan fingerprint density at radius 3 is 2.46 bits per heavy atom. The van der Waals surface area contributed by atoms with Gasteiger partial charge in [0.15, 0.2) is 0 Å². The molecule has 1 heterocycles. The van der Waals surface area contributed by atoms with Crippen LogP contribution < -0.4 is 19.5 Å². The summed E-state index contributed by atoms with van der Waals surface area (Å²) < 4.78 is 22.4. The Kier molecular flexibility index (Phi) is 7.03. The fraction of sp³-hybridized carbons (Fsp3) is 0.179. The first kappa shape index (κ1) is 24.2. The maximum atomic E-state index is 12.8. The minimum atomic E-state index is -0.267. The first-order chi connectivity index (χ1) is 16.9. The third-order valence-electron chi connectivity index (χ3n) is 5.89. The maximum absolute atomic E-state index is 12.8. The van der Waals surface area contributed by atoms with E-state index in [4.69, 9.17) is 30.2 Å². The van der Waals surface area contributed by atoms with Gasteiger partial charge < -0.3 is 23.9 Å². The number of allylic oxidation sites excluding steroid dienone is 1. The van der Waals surface area contributed by atoms with Gasteiger partial charge in [0, 0.05) is 44.9 Å². The number of furan rings is 1. The maximum Gasteiger partial charge on any atom is 0.248 e. The predicted molar refractivity (Wildman–Crippen MR) is 140 cm³/mol. The van der Waals surface area contributed by atoms with Gasteiger partial charge in [-0.1, -0.05) is 17.7 Å². The molecule has 0 radical (unpaired) electrons. The van der Waals surface area contributed by atoms with Crippen LogP contribution in [0.25, 0.3) is 27.7 Å². The van der Waals surface area contributed by atoms with Crippen molar-refractivity contribution in [1.29, 1.82) is 0 Å². The van der Waals surface area contributed by atoms with E-state index in [9.17, 15) is 4.79 Å². The van der Waals surface area contributed by atoms with E-state index in [-0.39, 0.29) is 5.91 Å². The smallest absolute Gasteiger partial charge is 0.248 e. The summed E-state index contributed by atoms with van der Waals surface area (Å²) >= 11 is 6.18. The number of halogens is 1. The van der Waals surface area contributed by atoms with Crippen LogP contribution in [0.1, 0.15) is 18.1 Å². The highest BCUT2D eigenvalue weighted by molar-refractivity contribution is 6.31. The highest BCUT2D eigenvalue weighted by Gasteiger charge is 2.18. The van der Waals surface area contributed by atoms with Crippen molar-refractivity contribution in [3.63, 3.8) is 0 Å². The number of fused-ring (bicyclic) bond motifs is 1. The van der Waals surface area contributed by atoms with Gasteiger partial charge >= 0.3 is 0 Å². The Labute approximate surface area is 209 Å². The molecule has 35 heavy (non-hydrogen) atoms. The topological polar surface area (TPSA) is 69.9 Å². The van der Waals surface area contributed by atoms with Crippen molar-refractivity contribution in [3.05, 3.63) is 77.0 Å². The zero-order valence-electron chi connectivity index (χ0n) is 20.2. The quantitative estimate of drug-likeness (QED) is 0.278. The first-order valence-corrected chi connectivity index (χ1v) is 11.3. The normalized spacial score (nSPS) is 11.4. The van der Waals surface area contributed by atoms with Gasteiger partial charge in [-0.25, -0.2) is 0 Å². The van der Waals surface area contributed by atoms with E-state index >= 15 is 0 Å². The van der Waals surface area contributed by atoms with Gasteiger partial charge in [-0.3, -0.25) is 4.79 Å². The molecule has 6 nitrogen and oxygen atoms in total. The Morgan fingerprint density at radius 1 is 0.971 bits per heavy atom. The number of ether oxygens (including phenoxy) is 3. The summed E-state index contributed by atoms with van der Waals surface area (Å²) in [5.74, 6) is 1.72. The lowest BCUT2D eigenvalue weighted by atomic mass is 9.98. The van der Waals surface area contributed by atoms with Crippen LogP contribution in [0.4, 0.5) is 5.69 Å². The third kappa shape index (κ3) is 4.84. The molecule has 1 N–H and O–H groups in total. The fourth-order valence-corrected chi connectivity index (χ4v) is 4.13. The van der Waals surface area contributed by atoms with Crippen molar-refractivity contribution in [1.82, 2.24) is 0 Å².